The number of amides is 1. The third-order valence-corrected chi connectivity index (χ3v) is 4.08. The maximum absolute atomic E-state index is 13.9. The first-order valence-corrected chi connectivity index (χ1v) is 7.69. The number of benzene rings is 1. The SMILES string of the molecule is CC(Br)CC1CCCN1C(=O)c1cccc(Cl)c1F. The molecule has 2 nitrogen and oxygen atoms in total. The van der Waals surface area contributed by atoms with E-state index in [-0.39, 0.29) is 22.5 Å². The lowest BCUT2D eigenvalue weighted by atomic mass is 10.1. The Morgan fingerprint density at radius 2 is 2.37 bits per heavy atom. The first-order valence-electron chi connectivity index (χ1n) is 6.39. The van der Waals surface area contributed by atoms with Gasteiger partial charge < -0.3 is 4.90 Å². The fourth-order valence-electron chi connectivity index (χ4n) is 2.55. The van der Waals surface area contributed by atoms with Crippen LogP contribution in [0.15, 0.2) is 18.2 Å². The molecule has 2 unspecified atom stereocenters. The molecule has 0 saturated carbocycles. The maximum Gasteiger partial charge on any atom is 0.257 e. The van der Waals surface area contributed by atoms with Gasteiger partial charge in [-0.15, -0.1) is 0 Å². The summed E-state index contributed by atoms with van der Waals surface area (Å²) >= 11 is 9.24. The summed E-state index contributed by atoms with van der Waals surface area (Å²) in [5.41, 5.74) is 0.0709. The van der Waals surface area contributed by atoms with Crippen LogP contribution in [0.4, 0.5) is 4.39 Å². The first kappa shape index (κ1) is 14.8. The standard InChI is InChI=1S/C14H16BrClFNO/c1-9(15)8-10-4-3-7-18(10)14(19)11-5-2-6-12(16)13(11)17/h2,5-6,9-10H,3-4,7-8H2,1H3. The quantitative estimate of drug-likeness (QED) is 0.748. The van der Waals surface area contributed by atoms with Gasteiger partial charge in [-0.3, -0.25) is 4.79 Å². The number of nitrogens with zero attached hydrogens (tertiary/aromatic N) is 1. The molecule has 0 aliphatic carbocycles. The van der Waals surface area contributed by atoms with Gasteiger partial charge in [0.1, 0.15) is 0 Å². The molecule has 1 aliphatic rings. The highest BCUT2D eigenvalue weighted by Crippen LogP contribution is 2.27. The van der Waals surface area contributed by atoms with Gasteiger partial charge in [-0.1, -0.05) is 40.5 Å². The number of carbonyl (C=O) groups is 1. The molecule has 0 bridgehead atoms. The molecule has 1 fully saturated rings. The van der Waals surface area contributed by atoms with E-state index in [1.54, 1.807) is 11.0 Å². The Hall–Kier alpha value is -0.610. The lowest BCUT2D eigenvalue weighted by molar-refractivity contribution is 0.0726. The van der Waals surface area contributed by atoms with Crippen molar-refractivity contribution in [1.29, 1.82) is 0 Å². The monoisotopic (exact) mass is 347 g/mol. The number of likely N-dealkylation sites (tertiary alicyclic amines) is 1. The topological polar surface area (TPSA) is 20.3 Å². The predicted molar refractivity (Wildman–Crippen MR) is 78.5 cm³/mol. The third kappa shape index (κ3) is 3.29. The van der Waals surface area contributed by atoms with Crippen molar-refractivity contribution < 1.29 is 9.18 Å². The second kappa shape index (κ2) is 6.23. The molecule has 1 aromatic rings. The average Bonchev–Trinajstić information content (AvgIpc) is 2.79. The smallest absolute Gasteiger partial charge is 0.257 e. The van der Waals surface area contributed by atoms with Crippen LogP contribution < -0.4 is 0 Å². The summed E-state index contributed by atoms with van der Waals surface area (Å²) in [6.07, 6.45) is 2.83. The van der Waals surface area contributed by atoms with Crippen molar-refractivity contribution in [2.24, 2.45) is 0 Å². The lowest BCUT2D eigenvalue weighted by Gasteiger charge is -2.26. The summed E-state index contributed by atoms with van der Waals surface area (Å²) in [7, 11) is 0. The molecule has 1 amide bonds. The van der Waals surface area contributed by atoms with Crippen LogP contribution in [0.5, 0.6) is 0 Å². The van der Waals surface area contributed by atoms with E-state index in [9.17, 15) is 9.18 Å². The molecule has 1 saturated heterocycles. The van der Waals surface area contributed by atoms with Gasteiger partial charge in [0.25, 0.3) is 5.91 Å². The molecule has 1 aliphatic heterocycles. The largest absolute Gasteiger partial charge is 0.336 e. The zero-order chi connectivity index (χ0) is 14.0. The summed E-state index contributed by atoms with van der Waals surface area (Å²) in [5, 5.41) is -0.00421. The summed E-state index contributed by atoms with van der Waals surface area (Å²) in [4.78, 5) is 14.5. The molecule has 104 valence electrons. The number of rotatable bonds is 3. The van der Waals surface area contributed by atoms with Crippen molar-refractivity contribution in [2.45, 2.75) is 37.1 Å². The van der Waals surface area contributed by atoms with E-state index in [1.807, 2.05) is 0 Å². The summed E-state index contributed by atoms with van der Waals surface area (Å²) in [6.45, 7) is 2.75. The number of halogens is 3. The van der Waals surface area contributed by atoms with Gasteiger partial charge in [0.2, 0.25) is 0 Å². The van der Waals surface area contributed by atoms with E-state index in [2.05, 4.69) is 22.9 Å². The number of alkyl halides is 1. The van der Waals surface area contributed by atoms with Crippen LogP contribution in [0.25, 0.3) is 0 Å². The van der Waals surface area contributed by atoms with E-state index in [4.69, 9.17) is 11.6 Å². The van der Waals surface area contributed by atoms with E-state index in [1.165, 1.54) is 12.1 Å². The number of carbonyl (C=O) groups excluding carboxylic acids is 1. The molecule has 0 N–H and O–H groups in total. The van der Waals surface area contributed by atoms with Crippen LogP contribution in [0, 0.1) is 5.82 Å². The van der Waals surface area contributed by atoms with Crippen LogP contribution in [0.1, 0.15) is 36.5 Å². The Morgan fingerprint density at radius 1 is 1.63 bits per heavy atom. The minimum Gasteiger partial charge on any atom is -0.336 e. The Bertz CT molecular complexity index is 481. The van der Waals surface area contributed by atoms with Crippen LogP contribution in [0.3, 0.4) is 0 Å². The fourth-order valence-corrected chi connectivity index (χ4v) is 3.15. The normalized spacial score (nSPS) is 20.6. The summed E-state index contributed by atoms with van der Waals surface area (Å²) < 4.78 is 13.9. The molecule has 5 heteroatoms. The van der Waals surface area contributed by atoms with Gasteiger partial charge in [-0.05, 0) is 31.4 Å². The molecule has 0 radical (unpaired) electrons. The highest BCUT2D eigenvalue weighted by atomic mass is 79.9. The van der Waals surface area contributed by atoms with E-state index < -0.39 is 5.82 Å². The van der Waals surface area contributed by atoms with Crippen LogP contribution in [-0.2, 0) is 0 Å². The van der Waals surface area contributed by atoms with Gasteiger partial charge in [-0.2, -0.15) is 0 Å². The van der Waals surface area contributed by atoms with E-state index in [0.717, 1.165) is 19.3 Å². The fraction of sp³-hybridized carbons (Fsp3) is 0.500. The van der Waals surface area contributed by atoms with Crippen molar-refractivity contribution >= 4 is 33.4 Å². The molecular formula is C14H16BrClFNO. The van der Waals surface area contributed by atoms with Crippen LogP contribution in [0.2, 0.25) is 5.02 Å². The lowest BCUT2D eigenvalue weighted by Crippen LogP contribution is -2.37. The molecule has 0 aromatic heterocycles. The van der Waals surface area contributed by atoms with Gasteiger partial charge in [0.05, 0.1) is 10.6 Å². The van der Waals surface area contributed by atoms with Crippen LogP contribution >= 0.6 is 27.5 Å². The zero-order valence-corrected chi connectivity index (χ0v) is 13.0. The van der Waals surface area contributed by atoms with E-state index >= 15 is 0 Å². The Labute approximate surface area is 126 Å². The van der Waals surface area contributed by atoms with Gasteiger partial charge in [0, 0.05) is 17.4 Å². The van der Waals surface area contributed by atoms with Crippen molar-refractivity contribution in [3.05, 3.63) is 34.6 Å². The van der Waals surface area contributed by atoms with Gasteiger partial charge in [-0.25, -0.2) is 4.39 Å². The molecule has 1 heterocycles. The second-order valence-corrected chi connectivity index (χ2v) is 6.88. The maximum atomic E-state index is 13.9. The molecular weight excluding hydrogens is 333 g/mol. The Balaban J connectivity index is 2.21. The van der Waals surface area contributed by atoms with Gasteiger partial charge in [0.15, 0.2) is 5.82 Å². The minimum atomic E-state index is -0.619. The molecule has 2 rings (SSSR count). The first-order chi connectivity index (χ1) is 9.00. The van der Waals surface area contributed by atoms with Crippen LogP contribution in [-0.4, -0.2) is 28.2 Å². The third-order valence-electron chi connectivity index (χ3n) is 3.42. The molecule has 1 aromatic carbocycles. The Morgan fingerprint density at radius 3 is 3.05 bits per heavy atom. The molecule has 19 heavy (non-hydrogen) atoms. The van der Waals surface area contributed by atoms with Crippen molar-refractivity contribution in [2.75, 3.05) is 6.54 Å². The number of hydrogen-bond donors (Lipinski definition) is 0. The van der Waals surface area contributed by atoms with Crippen molar-refractivity contribution in [3.63, 3.8) is 0 Å². The molecule has 0 spiro atoms. The second-order valence-electron chi connectivity index (χ2n) is 4.91. The Kier molecular flexibility index (Phi) is 4.85. The highest BCUT2D eigenvalue weighted by Gasteiger charge is 2.31. The van der Waals surface area contributed by atoms with E-state index in [0.29, 0.717) is 11.4 Å². The van der Waals surface area contributed by atoms with Crippen molar-refractivity contribution in [1.82, 2.24) is 4.90 Å². The molecule has 2 atom stereocenters. The zero-order valence-electron chi connectivity index (χ0n) is 10.7. The summed E-state index contributed by atoms with van der Waals surface area (Å²) in [5.74, 6) is -0.873. The van der Waals surface area contributed by atoms with Crippen molar-refractivity contribution in [3.8, 4) is 0 Å². The number of hydrogen-bond acceptors (Lipinski definition) is 1. The van der Waals surface area contributed by atoms with Gasteiger partial charge >= 0.3 is 0 Å². The summed E-state index contributed by atoms with van der Waals surface area (Å²) in [6, 6.07) is 4.74. The minimum absolute atomic E-state index is 0.00421. The average molecular weight is 349 g/mol. The highest BCUT2D eigenvalue weighted by molar-refractivity contribution is 9.09. The predicted octanol–water partition coefficient (Wildman–Crippen LogP) is 4.26.